The van der Waals surface area contributed by atoms with Gasteiger partial charge >= 0.3 is 0 Å². The van der Waals surface area contributed by atoms with E-state index < -0.39 is 0 Å². The van der Waals surface area contributed by atoms with Crippen LogP contribution in [-0.4, -0.2) is 36.8 Å². The zero-order valence-electron chi connectivity index (χ0n) is 8.85. The lowest BCUT2D eigenvalue weighted by atomic mass is 9.95. The molecule has 0 saturated heterocycles. The number of nitrogens with one attached hydrogen (secondary N) is 2. The van der Waals surface area contributed by atoms with E-state index in [1.54, 1.807) is 0 Å². The van der Waals surface area contributed by atoms with Crippen molar-refractivity contribution < 1.29 is 4.58 Å². The quantitative estimate of drug-likeness (QED) is 0.411. The van der Waals surface area contributed by atoms with Crippen LogP contribution in [-0.2, 0) is 0 Å². The van der Waals surface area contributed by atoms with Crippen molar-refractivity contribution in [3.05, 3.63) is 0 Å². The number of amidine groups is 1. The first kappa shape index (κ1) is 10.5. The van der Waals surface area contributed by atoms with Gasteiger partial charge in [0, 0.05) is 6.67 Å². The summed E-state index contributed by atoms with van der Waals surface area (Å²) in [5.74, 6) is 1.31. The Morgan fingerprint density at radius 3 is 2.77 bits per heavy atom. The van der Waals surface area contributed by atoms with Crippen LogP contribution in [0.25, 0.3) is 0 Å². The molecule has 0 atom stereocenters. The second-order valence-corrected chi connectivity index (χ2v) is 4.40. The van der Waals surface area contributed by atoms with E-state index in [9.17, 15) is 0 Å². The largest absolute Gasteiger partial charge is 0.318 e. The molecule has 0 aromatic carbocycles. The molecule has 76 valence electrons. The SMILES string of the molecule is CC(C)(C)C1=[N+](CNCN)CCN1. The Labute approximate surface area is 80.2 Å². The molecule has 1 heterocycles. The van der Waals surface area contributed by atoms with Gasteiger partial charge in [-0.2, -0.15) is 0 Å². The Morgan fingerprint density at radius 1 is 1.54 bits per heavy atom. The van der Waals surface area contributed by atoms with E-state index in [0.717, 1.165) is 19.8 Å². The van der Waals surface area contributed by atoms with Gasteiger partial charge in [-0.05, 0) is 20.8 Å². The minimum atomic E-state index is 0.201. The first-order valence-electron chi connectivity index (χ1n) is 4.82. The number of hydrogen-bond donors (Lipinski definition) is 3. The number of hydrogen-bond acceptors (Lipinski definition) is 3. The van der Waals surface area contributed by atoms with Crippen molar-refractivity contribution in [2.75, 3.05) is 26.4 Å². The molecule has 1 aliphatic rings. The van der Waals surface area contributed by atoms with E-state index >= 15 is 0 Å². The van der Waals surface area contributed by atoms with E-state index in [1.807, 2.05) is 0 Å². The maximum atomic E-state index is 5.39. The van der Waals surface area contributed by atoms with Crippen LogP contribution < -0.4 is 16.4 Å². The van der Waals surface area contributed by atoms with Gasteiger partial charge in [-0.15, -0.1) is 0 Å². The Morgan fingerprint density at radius 2 is 2.23 bits per heavy atom. The van der Waals surface area contributed by atoms with E-state index in [0.29, 0.717) is 6.67 Å². The van der Waals surface area contributed by atoms with Crippen LogP contribution in [0.2, 0.25) is 0 Å². The van der Waals surface area contributed by atoms with Crippen LogP contribution in [0.15, 0.2) is 0 Å². The zero-order chi connectivity index (χ0) is 9.90. The maximum absolute atomic E-state index is 5.39. The highest BCUT2D eigenvalue weighted by molar-refractivity contribution is 5.83. The summed E-state index contributed by atoms with van der Waals surface area (Å²) in [4.78, 5) is 0. The first-order valence-corrected chi connectivity index (χ1v) is 4.82. The highest BCUT2D eigenvalue weighted by Crippen LogP contribution is 2.15. The summed E-state index contributed by atoms with van der Waals surface area (Å²) in [6.45, 7) is 10.1. The fourth-order valence-corrected chi connectivity index (χ4v) is 1.63. The topological polar surface area (TPSA) is 53.1 Å². The minimum Gasteiger partial charge on any atom is -0.318 e. The van der Waals surface area contributed by atoms with Crippen LogP contribution in [0, 0.1) is 5.41 Å². The van der Waals surface area contributed by atoms with Gasteiger partial charge in [-0.1, -0.05) is 0 Å². The Kier molecular flexibility index (Phi) is 3.27. The smallest absolute Gasteiger partial charge is 0.251 e. The highest BCUT2D eigenvalue weighted by atomic mass is 15.3. The molecule has 0 unspecified atom stereocenters. The molecule has 0 aliphatic carbocycles. The third kappa shape index (κ3) is 2.67. The van der Waals surface area contributed by atoms with Crippen molar-refractivity contribution in [2.45, 2.75) is 20.8 Å². The van der Waals surface area contributed by atoms with Crippen molar-refractivity contribution in [2.24, 2.45) is 11.1 Å². The van der Waals surface area contributed by atoms with Gasteiger partial charge in [0.15, 0.2) is 0 Å². The molecule has 0 saturated carbocycles. The van der Waals surface area contributed by atoms with Gasteiger partial charge in [-0.25, -0.2) is 4.58 Å². The van der Waals surface area contributed by atoms with Gasteiger partial charge in [0.1, 0.15) is 19.8 Å². The van der Waals surface area contributed by atoms with Gasteiger partial charge in [0.25, 0.3) is 5.84 Å². The van der Waals surface area contributed by atoms with Crippen LogP contribution in [0.5, 0.6) is 0 Å². The molecule has 0 fully saturated rings. The molecule has 1 aliphatic heterocycles. The highest BCUT2D eigenvalue weighted by Gasteiger charge is 2.31. The third-order valence-electron chi connectivity index (χ3n) is 2.15. The summed E-state index contributed by atoms with van der Waals surface area (Å²) in [6.07, 6.45) is 0. The van der Waals surface area contributed by atoms with Gasteiger partial charge in [0.05, 0.1) is 5.41 Å². The molecule has 0 aromatic rings. The van der Waals surface area contributed by atoms with Crippen LogP contribution in [0.3, 0.4) is 0 Å². The summed E-state index contributed by atoms with van der Waals surface area (Å²) in [5, 5.41) is 6.55. The summed E-state index contributed by atoms with van der Waals surface area (Å²) in [5.41, 5.74) is 5.59. The summed E-state index contributed by atoms with van der Waals surface area (Å²) >= 11 is 0. The normalized spacial score (nSPS) is 17.8. The van der Waals surface area contributed by atoms with E-state index in [-0.39, 0.29) is 5.41 Å². The van der Waals surface area contributed by atoms with Crippen molar-refractivity contribution >= 4 is 5.84 Å². The van der Waals surface area contributed by atoms with Gasteiger partial charge in [0.2, 0.25) is 0 Å². The average Bonchev–Trinajstić information content (AvgIpc) is 2.47. The molecule has 4 nitrogen and oxygen atoms in total. The second kappa shape index (κ2) is 4.07. The molecule has 0 amide bonds. The molecular weight excluding hydrogens is 164 g/mol. The zero-order valence-corrected chi connectivity index (χ0v) is 8.85. The lowest BCUT2D eigenvalue weighted by molar-refractivity contribution is -0.526. The Hall–Kier alpha value is -0.610. The summed E-state index contributed by atoms with van der Waals surface area (Å²) in [7, 11) is 0. The Balaban J connectivity index is 2.66. The predicted octanol–water partition coefficient (Wildman–Crippen LogP) is -0.490. The second-order valence-electron chi connectivity index (χ2n) is 4.40. The van der Waals surface area contributed by atoms with Crippen LogP contribution in [0.1, 0.15) is 20.8 Å². The Bertz CT molecular complexity index is 202. The van der Waals surface area contributed by atoms with Crippen LogP contribution >= 0.6 is 0 Å². The third-order valence-corrected chi connectivity index (χ3v) is 2.15. The van der Waals surface area contributed by atoms with Crippen LogP contribution in [0.4, 0.5) is 0 Å². The number of rotatable bonds is 3. The molecule has 0 bridgehead atoms. The molecule has 0 spiro atoms. The fourth-order valence-electron chi connectivity index (χ4n) is 1.63. The van der Waals surface area contributed by atoms with E-state index in [1.165, 1.54) is 5.84 Å². The molecule has 13 heavy (non-hydrogen) atoms. The molecule has 4 N–H and O–H groups in total. The maximum Gasteiger partial charge on any atom is 0.251 e. The van der Waals surface area contributed by atoms with Gasteiger partial charge < -0.3 is 5.73 Å². The lowest BCUT2D eigenvalue weighted by Gasteiger charge is -2.16. The first-order chi connectivity index (χ1) is 6.05. The fraction of sp³-hybridized carbons (Fsp3) is 0.889. The predicted molar refractivity (Wildman–Crippen MR) is 54.6 cm³/mol. The lowest BCUT2D eigenvalue weighted by Crippen LogP contribution is -2.39. The van der Waals surface area contributed by atoms with Crippen molar-refractivity contribution in [1.82, 2.24) is 10.6 Å². The molecule has 0 aromatic heterocycles. The summed E-state index contributed by atoms with van der Waals surface area (Å²) < 4.78 is 2.31. The molecule has 4 heteroatoms. The van der Waals surface area contributed by atoms with Crippen molar-refractivity contribution in [3.63, 3.8) is 0 Å². The number of nitrogens with zero attached hydrogens (tertiary/aromatic N) is 1. The summed E-state index contributed by atoms with van der Waals surface area (Å²) in [6, 6.07) is 0. The van der Waals surface area contributed by atoms with E-state index in [4.69, 9.17) is 5.73 Å². The molecular formula is C9H21N4+. The molecule has 0 radical (unpaired) electrons. The van der Waals surface area contributed by atoms with Gasteiger partial charge in [-0.3, -0.25) is 10.6 Å². The standard InChI is InChI=1S/C9H20N4/c1-9(2,3)8-12-4-5-13(8)7-11-6-10/h11H,4-7,10H2,1-3H3/p+1. The average molecular weight is 185 g/mol. The monoisotopic (exact) mass is 185 g/mol. The van der Waals surface area contributed by atoms with Crippen molar-refractivity contribution in [1.29, 1.82) is 0 Å². The number of nitrogens with two attached hydrogens (primary N) is 1. The minimum absolute atomic E-state index is 0.201. The van der Waals surface area contributed by atoms with E-state index in [2.05, 4.69) is 36.0 Å². The van der Waals surface area contributed by atoms with Crippen molar-refractivity contribution in [3.8, 4) is 0 Å². The molecule has 1 rings (SSSR count).